The Morgan fingerprint density at radius 2 is 1.89 bits per heavy atom. The maximum atomic E-state index is 11.3. The van der Waals surface area contributed by atoms with Gasteiger partial charge in [0.25, 0.3) is 0 Å². The van der Waals surface area contributed by atoms with Crippen LogP contribution < -0.4 is 4.90 Å². The van der Waals surface area contributed by atoms with E-state index in [1.165, 1.54) is 0 Å². The summed E-state index contributed by atoms with van der Waals surface area (Å²) >= 11 is 5.98. The number of carboxylic acid groups (broad SMARTS) is 1. The quantitative estimate of drug-likeness (QED) is 0.916. The molecular weight excluding hydrogens is 262 g/mol. The van der Waals surface area contributed by atoms with E-state index in [0.29, 0.717) is 5.69 Å². The maximum Gasteiger partial charge on any atom is 0.339 e. The number of carboxylic acids is 1. The molecule has 0 saturated carbocycles. The lowest BCUT2D eigenvalue weighted by Crippen LogP contribution is -2.14. The number of hydrogen-bond acceptors (Lipinski definition) is 2. The zero-order valence-electron chi connectivity index (χ0n) is 10.7. The fourth-order valence-corrected chi connectivity index (χ4v) is 2.23. The second kappa shape index (κ2) is 5.33. The molecule has 0 amide bonds. The Morgan fingerprint density at radius 1 is 1.21 bits per heavy atom. The summed E-state index contributed by atoms with van der Waals surface area (Å²) in [5.41, 5.74) is 2.73. The fourth-order valence-electron chi connectivity index (χ4n) is 1.98. The molecule has 0 bridgehead atoms. The minimum atomic E-state index is -1.03. The van der Waals surface area contributed by atoms with E-state index in [0.717, 1.165) is 11.3 Å². The van der Waals surface area contributed by atoms with E-state index in [9.17, 15) is 9.90 Å². The molecule has 0 radical (unpaired) electrons. The first-order chi connectivity index (χ1) is 9.00. The molecule has 0 unspecified atom stereocenters. The predicted octanol–water partition coefficient (Wildman–Crippen LogP) is 4.11. The molecule has 2 aromatic carbocycles. The smallest absolute Gasteiger partial charge is 0.339 e. The van der Waals surface area contributed by atoms with Gasteiger partial charge in [-0.15, -0.1) is 0 Å². The number of nitrogens with zero attached hydrogens (tertiary/aromatic N) is 1. The van der Waals surface area contributed by atoms with Gasteiger partial charge in [-0.2, -0.15) is 0 Å². The van der Waals surface area contributed by atoms with Crippen molar-refractivity contribution < 1.29 is 9.90 Å². The van der Waals surface area contributed by atoms with Crippen molar-refractivity contribution in [1.29, 1.82) is 0 Å². The molecule has 0 spiro atoms. The summed E-state index contributed by atoms with van der Waals surface area (Å²) in [4.78, 5) is 13.2. The van der Waals surface area contributed by atoms with Crippen LogP contribution in [0.2, 0.25) is 5.02 Å². The second-order valence-corrected chi connectivity index (χ2v) is 4.74. The van der Waals surface area contributed by atoms with Crippen LogP contribution in [0.4, 0.5) is 11.4 Å². The number of anilines is 2. The predicted molar refractivity (Wildman–Crippen MR) is 77.7 cm³/mol. The summed E-state index contributed by atoms with van der Waals surface area (Å²) in [7, 11) is 1.83. The van der Waals surface area contributed by atoms with Crippen molar-refractivity contribution >= 4 is 28.9 Å². The molecule has 0 atom stereocenters. The molecule has 0 aliphatic carbocycles. The van der Waals surface area contributed by atoms with E-state index < -0.39 is 5.97 Å². The lowest BCUT2D eigenvalue weighted by molar-refractivity contribution is 0.0698. The van der Waals surface area contributed by atoms with Gasteiger partial charge >= 0.3 is 5.97 Å². The summed E-state index contributed by atoms with van der Waals surface area (Å²) in [6.07, 6.45) is 0. The average Bonchev–Trinajstić information content (AvgIpc) is 2.37. The van der Waals surface area contributed by atoms with Crippen molar-refractivity contribution in [3.05, 3.63) is 58.6 Å². The summed E-state index contributed by atoms with van der Waals surface area (Å²) in [6, 6.07) is 12.9. The highest BCUT2D eigenvalue weighted by molar-refractivity contribution is 6.34. The fraction of sp³-hybridized carbons (Fsp3) is 0.133. The monoisotopic (exact) mass is 275 g/mol. The summed E-state index contributed by atoms with van der Waals surface area (Å²) in [5.74, 6) is -1.03. The Balaban J connectivity index is 2.53. The Bertz CT molecular complexity index is 625. The van der Waals surface area contributed by atoms with Crippen molar-refractivity contribution in [2.24, 2.45) is 0 Å². The molecule has 98 valence electrons. The topological polar surface area (TPSA) is 40.5 Å². The lowest BCUT2D eigenvalue weighted by Gasteiger charge is -2.22. The van der Waals surface area contributed by atoms with E-state index in [-0.39, 0.29) is 10.6 Å². The molecular formula is C15H14ClNO2. The number of carbonyl (C=O) groups is 1. The minimum Gasteiger partial charge on any atom is -0.478 e. The first kappa shape index (κ1) is 13.4. The SMILES string of the molecule is Cc1cccc(N(C)c2cccc(Cl)c2C(=O)O)c1. The zero-order chi connectivity index (χ0) is 14.0. The molecule has 0 aliphatic heterocycles. The van der Waals surface area contributed by atoms with E-state index in [1.54, 1.807) is 18.2 Å². The number of hydrogen-bond donors (Lipinski definition) is 1. The van der Waals surface area contributed by atoms with Crippen LogP contribution in [0, 0.1) is 6.92 Å². The minimum absolute atomic E-state index is 0.119. The molecule has 1 N–H and O–H groups in total. The van der Waals surface area contributed by atoms with Gasteiger partial charge in [0.05, 0.1) is 10.7 Å². The first-order valence-corrected chi connectivity index (χ1v) is 6.20. The summed E-state index contributed by atoms with van der Waals surface area (Å²) in [5, 5.41) is 9.53. The van der Waals surface area contributed by atoms with E-state index in [2.05, 4.69) is 0 Å². The molecule has 0 aliphatic rings. The van der Waals surface area contributed by atoms with Crippen molar-refractivity contribution in [2.75, 3.05) is 11.9 Å². The van der Waals surface area contributed by atoms with Crippen LogP contribution in [-0.4, -0.2) is 18.1 Å². The molecule has 4 heteroatoms. The molecule has 3 nitrogen and oxygen atoms in total. The third-order valence-corrected chi connectivity index (χ3v) is 3.27. The highest BCUT2D eigenvalue weighted by Crippen LogP contribution is 2.31. The molecule has 2 rings (SSSR count). The normalized spacial score (nSPS) is 10.3. The first-order valence-electron chi connectivity index (χ1n) is 5.83. The Labute approximate surface area is 117 Å². The van der Waals surface area contributed by atoms with Crippen molar-refractivity contribution in [2.45, 2.75) is 6.92 Å². The number of benzene rings is 2. The third kappa shape index (κ3) is 2.71. The van der Waals surface area contributed by atoms with Gasteiger partial charge in [-0.3, -0.25) is 0 Å². The maximum absolute atomic E-state index is 11.3. The van der Waals surface area contributed by atoms with Gasteiger partial charge in [-0.05, 0) is 36.8 Å². The van der Waals surface area contributed by atoms with Gasteiger partial charge in [-0.1, -0.05) is 29.8 Å². The standard InChI is InChI=1S/C15H14ClNO2/c1-10-5-3-6-11(9-10)17(2)13-8-4-7-12(16)14(13)15(18)19/h3-9H,1-2H3,(H,18,19). The van der Waals surface area contributed by atoms with Crippen molar-refractivity contribution in [3.8, 4) is 0 Å². The molecule has 0 aromatic heterocycles. The number of rotatable bonds is 3. The van der Waals surface area contributed by atoms with Crippen molar-refractivity contribution in [1.82, 2.24) is 0 Å². The van der Waals surface area contributed by atoms with Crippen molar-refractivity contribution in [3.63, 3.8) is 0 Å². The van der Waals surface area contributed by atoms with Gasteiger partial charge in [0, 0.05) is 12.7 Å². The third-order valence-electron chi connectivity index (χ3n) is 2.96. The highest BCUT2D eigenvalue weighted by Gasteiger charge is 2.17. The summed E-state index contributed by atoms with van der Waals surface area (Å²) < 4.78 is 0. The van der Waals surface area contributed by atoms with E-state index in [4.69, 9.17) is 11.6 Å². The van der Waals surface area contributed by atoms with Crippen LogP contribution in [0.3, 0.4) is 0 Å². The van der Waals surface area contributed by atoms with E-state index >= 15 is 0 Å². The molecule has 19 heavy (non-hydrogen) atoms. The second-order valence-electron chi connectivity index (χ2n) is 4.34. The average molecular weight is 276 g/mol. The Hall–Kier alpha value is -2.00. The molecule has 0 saturated heterocycles. The van der Waals surface area contributed by atoms with Crippen LogP contribution in [-0.2, 0) is 0 Å². The number of aromatic carboxylic acids is 1. The lowest BCUT2D eigenvalue weighted by atomic mass is 10.1. The summed E-state index contributed by atoms with van der Waals surface area (Å²) in [6.45, 7) is 1.99. The van der Waals surface area contributed by atoms with Crippen LogP contribution >= 0.6 is 11.6 Å². The van der Waals surface area contributed by atoms with Gasteiger partial charge < -0.3 is 10.0 Å². The van der Waals surface area contributed by atoms with Crippen LogP contribution in [0.1, 0.15) is 15.9 Å². The van der Waals surface area contributed by atoms with Crippen LogP contribution in [0.15, 0.2) is 42.5 Å². The number of halogens is 1. The highest BCUT2D eigenvalue weighted by atomic mass is 35.5. The van der Waals surface area contributed by atoms with Gasteiger partial charge in [-0.25, -0.2) is 4.79 Å². The molecule has 0 fully saturated rings. The largest absolute Gasteiger partial charge is 0.478 e. The zero-order valence-corrected chi connectivity index (χ0v) is 11.5. The van der Waals surface area contributed by atoms with Gasteiger partial charge in [0.15, 0.2) is 0 Å². The molecule has 2 aromatic rings. The van der Waals surface area contributed by atoms with Crippen LogP contribution in [0.5, 0.6) is 0 Å². The van der Waals surface area contributed by atoms with Gasteiger partial charge in [0.2, 0.25) is 0 Å². The number of aryl methyl sites for hydroxylation is 1. The van der Waals surface area contributed by atoms with E-state index in [1.807, 2.05) is 43.1 Å². The van der Waals surface area contributed by atoms with Crippen LogP contribution in [0.25, 0.3) is 0 Å². The Morgan fingerprint density at radius 3 is 2.53 bits per heavy atom. The Kier molecular flexibility index (Phi) is 3.76. The molecule has 0 heterocycles. The van der Waals surface area contributed by atoms with Gasteiger partial charge in [0.1, 0.15) is 5.56 Å².